The van der Waals surface area contributed by atoms with Crippen molar-refractivity contribution in [3.05, 3.63) is 65.7 Å². The maximum Gasteiger partial charge on any atom is 0.234 e. The quantitative estimate of drug-likeness (QED) is 0.710. The van der Waals surface area contributed by atoms with Crippen LogP contribution in [0.2, 0.25) is 0 Å². The average Bonchev–Trinajstić information content (AvgIpc) is 3.11. The van der Waals surface area contributed by atoms with Gasteiger partial charge in [0.05, 0.1) is 13.7 Å². The van der Waals surface area contributed by atoms with Gasteiger partial charge >= 0.3 is 0 Å². The molecule has 5 nitrogen and oxygen atoms in total. The van der Waals surface area contributed by atoms with Crippen molar-refractivity contribution in [2.45, 2.75) is 12.3 Å². The average molecular weight is 404 g/mol. The maximum atomic E-state index is 12.4. The minimum Gasteiger partial charge on any atom is -0.496 e. The molecular formula is C22H30ClN3O2. The van der Waals surface area contributed by atoms with Crippen molar-refractivity contribution >= 4 is 18.3 Å². The standard InChI is InChI=1S/C22H29N3O2.ClH/c1-27-21-10-6-5-9-18(21)11-12-24-22(26)16-25-14-19(13-23)20(15-25)17-7-3-2-4-8-17;/h2-10,19-20H,11-16,23H2,1H3,(H,24,26);1H/t19-,20+;/m1./s1. The molecule has 1 aliphatic rings. The molecule has 2 atom stereocenters. The van der Waals surface area contributed by atoms with E-state index < -0.39 is 0 Å². The van der Waals surface area contributed by atoms with Gasteiger partial charge in [-0.1, -0.05) is 48.5 Å². The molecule has 2 aromatic rings. The van der Waals surface area contributed by atoms with Gasteiger partial charge in [-0.3, -0.25) is 9.69 Å². The van der Waals surface area contributed by atoms with E-state index in [0.717, 1.165) is 30.8 Å². The van der Waals surface area contributed by atoms with Crippen LogP contribution in [0.5, 0.6) is 5.75 Å². The number of benzene rings is 2. The van der Waals surface area contributed by atoms with Crippen molar-refractivity contribution in [1.82, 2.24) is 10.2 Å². The largest absolute Gasteiger partial charge is 0.496 e. The molecule has 6 heteroatoms. The molecule has 1 saturated heterocycles. The number of amides is 1. The lowest BCUT2D eigenvalue weighted by molar-refractivity contribution is -0.122. The molecular weight excluding hydrogens is 374 g/mol. The van der Waals surface area contributed by atoms with Gasteiger partial charge in [0.25, 0.3) is 0 Å². The van der Waals surface area contributed by atoms with E-state index in [1.807, 2.05) is 30.3 Å². The van der Waals surface area contributed by atoms with Crippen molar-refractivity contribution in [2.24, 2.45) is 11.7 Å². The molecule has 0 saturated carbocycles. The second kappa shape index (κ2) is 11.1. The topological polar surface area (TPSA) is 67.6 Å². The lowest BCUT2D eigenvalue weighted by Crippen LogP contribution is -2.37. The van der Waals surface area contributed by atoms with Crippen molar-refractivity contribution in [2.75, 3.05) is 39.8 Å². The first-order chi connectivity index (χ1) is 13.2. The summed E-state index contributed by atoms with van der Waals surface area (Å²) < 4.78 is 5.36. The number of rotatable bonds is 8. The van der Waals surface area contributed by atoms with Crippen molar-refractivity contribution in [3.63, 3.8) is 0 Å². The minimum atomic E-state index is 0. The molecule has 1 aliphatic heterocycles. The van der Waals surface area contributed by atoms with Crippen LogP contribution >= 0.6 is 12.4 Å². The van der Waals surface area contributed by atoms with E-state index in [0.29, 0.717) is 31.5 Å². The van der Waals surface area contributed by atoms with E-state index in [-0.39, 0.29) is 18.3 Å². The molecule has 0 spiro atoms. The van der Waals surface area contributed by atoms with Gasteiger partial charge in [-0.2, -0.15) is 0 Å². The van der Waals surface area contributed by atoms with E-state index in [1.165, 1.54) is 5.56 Å². The number of carbonyl (C=O) groups is 1. The summed E-state index contributed by atoms with van der Waals surface area (Å²) in [5, 5.41) is 3.03. The number of methoxy groups -OCH3 is 1. The molecule has 152 valence electrons. The summed E-state index contributed by atoms with van der Waals surface area (Å²) in [4.78, 5) is 14.6. The highest BCUT2D eigenvalue weighted by atomic mass is 35.5. The van der Waals surface area contributed by atoms with Crippen molar-refractivity contribution in [3.8, 4) is 5.75 Å². The van der Waals surface area contributed by atoms with Crippen LogP contribution in [0.25, 0.3) is 0 Å². The zero-order chi connectivity index (χ0) is 19.1. The Kier molecular flexibility index (Phi) is 8.77. The number of nitrogens with two attached hydrogens (primary N) is 1. The Morgan fingerprint density at radius 3 is 2.57 bits per heavy atom. The summed E-state index contributed by atoms with van der Waals surface area (Å²) in [6, 6.07) is 18.4. The molecule has 1 amide bonds. The Labute approximate surface area is 173 Å². The highest BCUT2D eigenvalue weighted by Crippen LogP contribution is 2.31. The fraction of sp³-hybridized carbons (Fsp3) is 0.409. The summed E-state index contributed by atoms with van der Waals surface area (Å²) in [6.07, 6.45) is 0.758. The van der Waals surface area contributed by atoms with E-state index in [1.54, 1.807) is 7.11 Å². The van der Waals surface area contributed by atoms with E-state index in [9.17, 15) is 4.79 Å². The fourth-order valence-electron chi connectivity index (χ4n) is 3.91. The van der Waals surface area contributed by atoms with Gasteiger partial charge in [-0.25, -0.2) is 0 Å². The summed E-state index contributed by atoms with van der Waals surface area (Å²) in [6.45, 7) is 3.43. The van der Waals surface area contributed by atoms with Gasteiger partial charge < -0.3 is 15.8 Å². The highest BCUT2D eigenvalue weighted by Gasteiger charge is 2.33. The van der Waals surface area contributed by atoms with Crippen molar-refractivity contribution < 1.29 is 9.53 Å². The molecule has 1 heterocycles. The summed E-state index contributed by atoms with van der Waals surface area (Å²) in [5.74, 6) is 1.73. The normalized spacial score (nSPS) is 19.1. The smallest absolute Gasteiger partial charge is 0.234 e. The van der Waals surface area contributed by atoms with Crippen LogP contribution in [-0.2, 0) is 11.2 Å². The number of nitrogens with zero attached hydrogens (tertiary/aromatic N) is 1. The third-order valence-corrected chi connectivity index (χ3v) is 5.32. The molecule has 28 heavy (non-hydrogen) atoms. The zero-order valence-corrected chi connectivity index (χ0v) is 17.2. The molecule has 0 aromatic heterocycles. The highest BCUT2D eigenvalue weighted by molar-refractivity contribution is 5.85. The maximum absolute atomic E-state index is 12.4. The first-order valence-corrected chi connectivity index (χ1v) is 9.57. The van der Waals surface area contributed by atoms with Gasteiger partial charge in [0.1, 0.15) is 5.75 Å². The van der Waals surface area contributed by atoms with E-state index in [4.69, 9.17) is 10.5 Å². The number of hydrogen-bond acceptors (Lipinski definition) is 4. The zero-order valence-electron chi connectivity index (χ0n) is 16.3. The lowest BCUT2D eigenvalue weighted by Gasteiger charge is -2.16. The minimum absolute atomic E-state index is 0. The van der Waals surface area contributed by atoms with Crippen molar-refractivity contribution in [1.29, 1.82) is 0 Å². The molecule has 1 fully saturated rings. The number of halogens is 1. The molecule has 0 unspecified atom stereocenters. The van der Waals surface area contributed by atoms with Crippen LogP contribution in [0.3, 0.4) is 0 Å². The Morgan fingerprint density at radius 1 is 1.14 bits per heavy atom. The summed E-state index contributed by atoms with van der Waals surface area (Å²) in [5.41, 5.74) is 8.40. The molecule has 3 N–H and O–H groups in total. The van der Waals surface area contributed by atoms with Crippen LogP contribution in [0, 0.1) is 5.92 Å². The Balaban J connectivity index is 0.00000280. The van der Waals surface area contributed by atoms with Crippen LogP contribution in [0.1, 0.15) is 17.0 Å². The number of nitrogens with one attached hydrogen (secondary N) is 1. The van der Waals surface area contributed by atoms with E-state index >= 15 is 0 Å². The second-order valence-electron chi connectivity index (χ2n) is 7.12. The second-order valence-corrected chi connectivity index (χ2v) is 7.12. The van der Waals surface area contributed by atoms with E-state index in [2.05, 4.69) is 34.5 Å². The number of ether oxygens (including phenoxy) is 1. The first-order valence-electron chi connectivity index (χ1n) is 9.57. The number of likely N-dealkylation sites (tertiary alicyclic amines) is 1. The predicted molar refractivity (Wildman–Crippen MR) is 115 cm³/mol. The monoisotopic (exact) mass is 403 g/mol. The van der Waals surface area contributed by atoms with Gasteiger partial charge in [0.2, 0.25) is 5.91 Å². The van der Waals surface area contributed by atoms with Crippen LogP contribution in [0.15, 0.2) is 54.6 Å². The van der Waals surface area contributed by atoms with Gasteiger partial charge in [-0.05, 0) is 36.1 Å². The Bertz CT molecular complexity index is 742. The first kappa shape index (κ1) is 22.2. The Morgan fingerprint density at radius 2 is 1.86 bits per heavy atom. The van der Waals surface area contributed by atoms with Crippen LogP contribution in [0.4, 0.5) is 0 Å². The SMILES string of the molecule is COc1ccccc1CCNC(=O)CN1C[C@@H](CN)[C@H](c2ccccc2)C1.Cl. The molecule has 3 rings (SSSR count). The van der Waals surface area contributed by atoms with Gasteiger partial charge in [-0.15, -0.1) is 12.4 Å². The summed E-state index contributed by atoms with van der Waals surface area (Å²) >= 11 is 0. The molecule has 2 aromatic carbocycles. The number of carbonyl (C=O) groups excluding carboxylic acids is 1. The third kappa shape index (κ3) is 5.71. The summed E-state index contributed by atoms with van der Waals surface area (Å²) in [7, 11) is 1.67. The van der Waals surface area contributed by atoms with Gasteiger partial charge in [0, 0.05) is 25.6 Å². The number of para-hydroxylation sites is 1. The predicted octanol–water partition coefficient (Wildman–Crippen LogP) is 2.45. The van der Waals surface area contributed by atoms with Crippen LogP contribution in [-0.4, -0.2) is 50.6 Å². The molecule has 0 bridgehead atoms. The van der Waals surface area contributed by atoms with Gasteiger partial charge in [0.15, 0.2) is 0 Å². The molecule has 0 aliphatic carbocycles. The fourth-order valence-corrected chi connectivity index (χ4v) is 3.91. The molecule has 0 radical (unpaired) electrons. The van der Waals surface area contributed by atoms with Crippen LogP contribution < -0.4 is 15.8 Å². The lowest BCUT2D eigenvalue weighted by atomic mass is 9.89. The third-order valence-electron chi connectivity index (χ3n) is 5.32. The Hall–Kier alpha value is -2.08. The number of hydrogen-bond donors (Lipinski definition) is 2.